The number of rotatable bonds is 6. The number of fused-ring (bicyclic) bond motifs is 1. The van der Waals surface area contributed by atoms with Crippen LogP contribution < -0.4 is 15.8 Å². The number of nitrogens with one attached hydrogen (secondary N) is 2. The van der Waals surface area contributed by atoms with Gasteiger partial charge in [0.15, 0.2) is 0 Å². The summed E-state index contributed by atoms with van der Waals surface area (Å²) >= 11 is 0. The van der Waals surface area contributed by atoms with Crippen LogP contribution in [0, 0.1) is 5.41 Å². The van der Waals surface area contributed by atoms with Gasteiger partial charge in [-0.1, -0.05) is 30.3 Å². The summed E-state index contributed by atoms with van der Waals surface area (Å²) in [6.07, 6.45) is 0. The van der Waals surface area contributed by atoms with Gasteiger partial charge in [0, 0.05) is 36.8 Å². The fourth-order valence-electron chi connectivity index (χ4n) is 2.94. The van der Waals surface area contributed by atoms with E-state index < -0.39 is 0 Å². The van der Waals surface area contributed by atoms with Crippen LogP contribution in [0.15, 0.2) is 59.0 Å². The van der Waals surface area contributed by atoms with Gasteiger partial charge in [-0.25, -0.2) is 0 Å². The van der Waals surface area contributed by atoms with Gasteiger partial charge in [0.05, 0.1) is 0 Å². The van der Waals surface area contributed by atoms with Crippen molar-refractivity contribution in [3.8, 4) is 0 Å². The highest BCUT2D eigenvalue weighted by molar-refractivity contribution is 5.96. The first-order chi connectivity index (χ1) is 12.6. The predicted molar refractivity (Wildman–Crippen MR) is 103 cm³/mol. The molecule has 0 saturated carbocycles. The second kappa shape index (κ2) is 7.87. The molecular weight excluding hydrogens is 326 g/mol. The highest BCUT2D eigenvalue weighted by atomic mass is 16.3. The summed E-state index contributed by atoms with van der Waals surface area (Å²) in [7, 11) is 0. The molecule has 0 spiro atoms. The van der Waals surface area contributed by atoms with Gasteiger partial charge in [-0.2, -0.15) is 0 Å². The van der Waals surface area contributed by atoms with Crippen molar-refractivity contribution in [2.45, 2.75) is 20.4 Å². The zero-order valence-corrected chi connectivity index (χ0v) is 15.1. The summed E-state index contributed by atoms with van der Waals surface area (Å²) in [4.78, 5) is 14.7. The van der Waals surface area contributed by atoms with Gasteiger partial charge in [-0.15, -0.1) is 0 Å². The molecule has 5 heteroatoms. The van der Waals surface area contributed by atoms with Gasteiger partial charge >= 0.3 is 0 Å². The molecule has 1 heterocycles. The summed E-state index contributed by atoms with van der Waals surface area (Å²) in [6.45, 7) is 6.41. The fourth-order valence-corrected chi connectivity index (χ4v) is 2.94. The summed E-state index contributed by atoms with van der Waals surface area (Å²) < 4.78 is 5.62. The van der Waals surface area contributed by atoms with Crippen molar-refractivity contribution in [2.75, 3.05) is 18.0 Å². The Morgan fingerprint density at radius 3 is 2.50 bits per heavy atom. The maximum absolute atomic E-state index is 12.5. The Hall–Kier alpha value is -3.08. The molecule has 1 aromatic heterocycles. The van der Waals surface area contributed by atoms with Gasteiger partial charge in [-0.05, 0) is 37.6 Å². The fraction of sp³-hybridized carbons (Fsp3) is 0.238. The third-order valence-corrected chi connectivity index (χ3v) is 4.42. The first kappa shape index (κ1) is 17.7. The van der Waals surface area contributed by atoms with Gasteiger partial charge in [0.2, 0.25) is 5.55 Å². The highest BCUT2D eigenvalue weighted by Crippen LogP contribution is 2.22. The SMILES string of the molecule is CCN(CC)c1ccc2cc(C(=O)NCc3ccccc3)c(=N)oc2c1. The van der Waals surface area contributed by atoms with Crippen molar-refractivity contribution in [3.05, 3.63) is 71.3 Å². The van der Waals surface area contributed by atoms with E-state index in [-0.39, 0.29) is 17.0 Å². The van der Waals surface area contributed by atoms with Crippen LogP contribution in [0.3, 0.4) is 0 Å². The van der Waals surface area contributed by atoms with Crippen molar-refractivity contribution in [1.29, 1.82) is 5.41 Å². The van der Waals surface area contributed by atoms with Gasteiger partial charge in [-0.3, -0.25) is 10.2 Å². The van der Waals surface area contributed by atoms with Crippen LogP contribution >= 0.6 is 0 Å². The number of anilines is 1. The molecule has 2 N–H and O–H groups in total. The van der Waals surface area contributed by atoms with E-state index in [9.17, 15) is 4.79 Å². The monoisotopic (exact) mass is 349 g/mol. The summed E-state index contributed by atoms with van der Waals surface area (Å²) in [5.41, 5.74) is 2.78. The lowest BCUT2D eigenvalue weighted by Crippen LogP contribution is -2.28. The minimum Gasteiger partial charge on any atom is -0.438 e. The molecule has 0 aliphatic carbocycles. The molecule has 0 atom stereocenters. The molecule has 0 fully saturated rings. The molecule has 134 valence electrons. The lowest BCUT2D eigenvalue weighted by molar-refractivity contribution is 0.0946. The maximum atomic E-state index is 12.5. The van der Waals surface area contributed by atoms with Crippen LogP contribution in [0.2, 0.25) is 0 Å². The minimum atomic E-state index is -0.308. The van der Waals surface area contributed by atoms with E-state index in [2.05, 4.69) is 24.1 Å². The largest absolute Gasteiger partial charge is 0.438 e. The van der Waals surface area contributed by atoms with Crippen molar-refractivity contribution in [1.82, 2.24) is 5.32 Å². The van der Waals surface area contributed by atoms with Crippen LogP contribution in [0.5, 0.6) is 0 Å². The van der Waals surface area contributed by atoms with Crippen LogP contribution in [-0.2, 0) is 6.54 Å². The van der Waals surface area contributed by atoms with Gasteiger partial charge < -0.3 is 14.6 Å². The number of benzene rings is 2. The quantitative estimate of drug-likeness (QED) is 0.713. The average Bonchev–Trinajstić information content (AvgIpc) is 2.67. The van der Waals surface area contributed by atoms with E-state index in [1.54, 1.807) is 6.07 Å². The third-order valence-electron chi connectivity index (χ3n) is 4.42. The number of hydrogen-bond donors (Lipinski definition) is 2. The van der Waals surface area contributed by atoms with E-state index >= 15 is 0 Å². The highest BCUT2D eigenvalue weighted by Gasteiger charge is 2.12. The predicted octanol–water partition coefficient (Wildman–Crippen LogP) is 3.69. The molecule has 3 rings (SSSR count). The molecule has 0 aliphatic rings. The molecule has 0 bridgehead atoms. The van der Waals surface area contributed by atoms with E-state index in [1.165, 1.54) is 0 Å². The van der Waals surface area contributed by atoms with E-state index in [0.717, 1.165) is 29.7 Å². The maximum Gasteiger partial charge on any atom is 0.257 e. The molecule has 2 aromatic carbocycles. The zero-order chi connectivity index (χ0) is 18.5. The van der Waals surface area contributed by atoms with Gasteiger partial charge in [0.1, 0.15) is 11.1 Å². The molecule has 0 radical (unpaired) electrons. The number of nitrogens with zero attached hydrogens (tertiary/aromatic N) is 1. The Labute approximate surface area is 152 Å². The normalized spacial score (nSPS) is 10.7. The molecule has 1 amide bonds. The Kier molecular flexibility index (Phi) is 5.37. The van der Waals surface area contributed by atoms with Crippen molar-refractivity contribution in [2.24, 2.45) is 0 Å². The zero-order valence-electron chi connectivity index (χ0n) is 15.1. The topological polar surface area (TPSA) is 69.3 Å². The van der Waals surface area contributed by atoms with E-state index in [4.69, 9.17) is 9.83 Å². The molecule has 0 unspecified atom stereocenters. The van der Waals surface area contributed by atoms with Crippen molar-refractivity contribution < 1.29 is 9.21 Å². The van der Waals surface area contributed by atoms with Crippen molar-refractivity contribution >= 4 is 22.6 Å². The molecular formula is C21H23N3O2. The summed E-state index contributed by atoms with van der Waals surface area (Å²) in [5.74, 6) is -0.308. The van der Waals surface area contributed by atoms with E-state index in [1.807, 2.05) is 48.5 Å². The van der Waals surface area contributed by atoms with Crippen LogP contribution in [0.25, 0.3) is 11.0 Å². The molecule has 26 heavy (non-hydrogen) atoms. The molecule has 0 aliphatic heterocycles. The van der Waals surface area contributed by atoms with Crippen LogP contribution in [0.1, 0.15) is 29.8 Å². The second-order valence-corrected chi connectivity index (χ2v) is 6.05. The number of amides is 1. The standard InChI is InChI=1S/C21H23N3O2/c1-3-24(4-2)17-11-10-16-12-18(20(22)26-19(16)13-17)21(25)23-14-15-8-6-5-7-9-15/h5-13,22H,3-4,14H2,1-2H3,(H,23,25). The van der Waals surface area contributed by atoms with Gasteiger partial charge in [0.25, 0.3) is 5.91 Å². The Morgan fingerprint density at radius 1 is 1.08 bits per heavy atom. The first-order valence-electron chi connectivity index (χ1n) is 8.82. The summed E-state index contributed by atoms with van der Waals surface area (Å²) in [6, 6.07) is 17.3. The lowest BCUT2D eigenvalue weighted by atomic mass is 10.1. The first-order valence-corrected chi connectivity index (χ1v) is 8.82. The minimum absolute atomic E-state index is 0.125. The summed E-state index contributed by atoms with van der Waals surface area (Å²) in [5, 5.41) is 11.7. The second-order valence-electron chi connectivity index (χ2n) is 6.05. The number of carbonyl (C=O) groups excluding carboxylic acids is 1. The Morgan fingerprint density at radius 2 is 1.81 bits per heavy atom. The van der Waals surface area contributed by atoms with Crippen molar-refractivity contribution in [3.63, 3.8) is 0 Å². The number of hydrogen-bond acceptors (Lipinski definition) is 4. The average molecular weight is 349 g/mol. The smallest absolute Gasteiger partial charge is 0.257 e. The number of carbonyl (C=O) groups is 1. The Balaban J connectivity index is 1.85. The van der Waals surface area contributed by atoms with Crippen LogP contribution in [0.4, 0.5) is 5.69 Å². The molecule has 5 nitrogen and oxygen atoms in total. The van der Waals surface area contributed by atoms with Crippen LogP contribution in [-0.4, -0.2) is 19.0 Å². The lowest BCUT2D eigenvalue weighted by Gasteiger charge is -2.21. The molecule has 3 aromatic rings. The Bertz CT molecular complexity index is 960. The molecule has 0 saturated heterocycles. The van der Waals surface area contributed by atoms with E-state index in [0.29, 0.717) is 12.1 Å². The third kappa shape index (κ3) is 3.77.